The van der Waals surface area contributed by atoms with Crippen LogP contribution in [-0.2, 0) is 15.9 Å². The van der Waals surface area contributed by atoms with Gasteiger partial charge in [-0.15, -0.1) is 0 Å². The van der Waals surface area contributed by atoms with Crippen molar-refractivity contribution in [1.82, 2.24) is 19.4 Å². The van der Waals surface area contributed by atoms with Crippen molar-refractivity contribution in [3.05, 3.63) is 78.2 Å². The summed E-state index contributed by atoms with van der Waals surface area (Å²) >= 11 is 0. The van der Waals surface area contributed by atoms with Gasteiger partial charge in [-0.25, -0.2) is 9.78 Å². The number of imidazole rings is 1. The van der Waals surface area contributed by atoms with Crippen LogP contribution in [-0.4, -0.2) is 99.3 Å². The van der Waals surface area contributed by atoms with Gasteiger partial charge in [0.2, 0.25) is 0 Å². The molecule has 0 bridgehead atoms. The van der Waals surface area contributed by atoms with Crippen LogP contribution in [0.5, 0.6) is 0 Å². The number of rotatable bonds is 9. The zero-order chi connectivity index (χ0) is 31.2. The summed E-state index contributed by atoms with van der Waals surface area (Å²) in [6.07, 6.45) is 6.41. The van der Waals surface area contributed by atoms with Gasteiger partial charge in [-0.05, 0) is 43.6 Å². The van der Waals surface area contributed by atoms with Crippen LogP contribution in [0.25, 0.3) is 11.3 Å². The highest BCUT2D eigenvalue weighted by Crippen LogP contribution is 2.41. The van der Waals surface area contributed by atoms with Crippen molar-refractivity contribution in [3.63, 3.8) is 0 Å². The molecule has 1 aliphatic carbocycles. The van der Waals surface area contributed by atoms with Gasteiger partial charge in [0, 0.05) is 45.0 Å². The molecule has 1 aromatic heterocycles. The standard InChI is InChI=1S/C35H44N4O6/c40-33(38-18-17-37(34(41)42)22-29(38)21-26-9-3-1-4-10-26)31-32(28-11-5-2-6-12-28)39(25-36-31)30-13-7-8-16-35(30,43)24-45-23-27-14-19-44-20-15-27/h1-6,9-12,25,27,29-30,43H,7-8,13-24H2,(H,41,42)/t29-,30?,35?/m1/s1. The number of nitrogens with zero attached hydrogens (tertiary/aromatic N) is 4. The average molecular weight is 617 g/mol. The highest BCUT2D eigenvalue weighted by molar-refractivity contribution is 5.98. The quantitative estimate of drug-likeness (QED) is 0.352. The van der Waals surface area contributed by atoms with Gasteiger partial charge in [0.15, 0.2) is 5.69 Å². The second kappa shape index (κ2) is 14.1. The zero-order valence-corrected chi connectivity index (χ0v) is 25.8. The molecule has 3 aromatic rings. The number of ether oxygens (including phenoxy) is 2. The van der Waals surface area contributed by atoms with E-state index in [0.29, 0.717) is 36.8 Å². The van der Waals surface area contributed by atoms with E-state index in [1.165, 1.54) is 4.90 Å². The highest BCUT2D eigenvalue weighted by Gasteiger charge is 2.43. The summed E-state index contributed by atoms with van der Waals surface area (Å²) in [4.78, 5) is 34.3. The Balaban J connectivity index is 1.30. The molecule has 0 radical (unpaired) electrons. The summed E-state index contributed by atoms with van der Waals surface area (Å²) in [6, 6.07) is 18.9. The lowest BCUT2D eigenvalue weighted by molar-refractivity contribution is -0.108. The van der Waals surface area contributed by atoms with Crippen molar-refractivity contribution in [1.29, 1.82) is 0 Å². The number of aromatic nitrogens is 2. The molecule has 3 atom stereocenters. The molecular formula is C35H44N4O6. The topological polar surface area (TPSA) is 117 Å². The molecule has 2 aliphatic heterocycles. The number of piperazine rings is 1. The summed E-state index contributed by atoms with van der Waals surface area (Å²) in [5.41, 5.74) is 1.78. The van der Waals surface area contributed by atoms with Crippen LogP contribution in [0, 0.1) is 5.92 Å². The Kier molecular flexibility index (Phi) is 9.82. The third-order valence-corrected chi connectivity index (χ3v) is 9.71. The molecule has 3 fully saturated rings. The molecule has 2 N–H and O–H groups in total. The number of aliphatic hydroxyl groups is 1. The molecule has 45 heavy (non-hydrogen) atoms. The second-order valence-corrected chi connectivity index (χ2v) is 12.7. The van der Waals surface area contributed by atoms with E-state index in [4.69, 9.17) is 14.5 Å². The minimum Gasteiger partial charge on any atom is -0.465 e. The minimum absolute atomic E-state index is 0.223. The molecule has 2 aromatic carbocycles. The largest absolute Gasteiger partial charge is 0.465 e. The lowest BCUT2D eigenvalue weighted by atomic mass is 9.80. The third-order valence-electron chi connectivity index (χ3n) is 9.71. The Morgan fingerprint density at radius 2 is 1.71 bits per heavy atom. The van der Waals surface area contributed by atoms with E-state index in [9.17, 15) is 19.8 Å². The van der Waals surface area contributed by atoms with Crippen LogP contribution in [0.3, 0.4) is 0 Å². The number of carbonyl (C=O) groups excluding carboxylic acids is 1. The number of amides is 2. The first-order valence-electron chi connectivity index (χ1n) is 16.3. The Bertz CT molecular complexity index is 1430. The molecule has 2 amide bonds. The first-order valence-corrected chi connectivity index (χ1v) is 16.3. The summed E-state index contributed by atoms with van der Waals surface area (Å²) in [5.74, 6) is 0.209. The predicted molar refractivity (Wildman–Crippen MR) is 169 cm³/mol. The van der Waals surface area contributed by atoms with Gasteiger partial charge in [0.05, 0.1) is 30.7 Å². The maximum atomic E-state index is 14.5. The van der Waals surface area contributed by atoms with E-state index >= 15 is 0 Å². The van der Waals surface area contributed by atoms with Crippen molar-refractivity contribution in [3.8, 4) is 11.3 Å². The van der Waals surface area contributed by atoms with Gasteiger partial charge in [-0.1, -0.05) is 73.5 Å². The van der Waals surface area contributed by atoms with Crippen LogP contribution in [0.2, 0.25) is 0 Å². The Morgan fingerprint density at radius 1 is 0.978 bits per heavy atom. The van der Waals surface area contributed by atoms with Crippen molar-refractivity contribution < 1.29 is 29.3 Å². The first kappa shape index (κ1) is 31.3. The van der Waals surface area contributed by atoms with E-state index in [1.54, 1.807) is 11.2 Å². The van der Waals surface area contributed by atoms with Gasteiger partial charge < -0.3 is 34.1 Å². The molecule has 240 valence electrons. The van der Waals surface area contributed by atoms with Crippen LogP contribution < -0.4 is 0 Å². The molecule has 3 heterocycles. The fourth-order valence-corrected chi connectivity index (χ4v) is 7.21. The average Bonchev–Trinajstić information content (AvgIpc) is 3.51. The van der Waals surface area contributed by atoms with Crippen LogP contribution in [0.1, 0.15) is 60.6 Å². The number of hydrogen-bond donors (Lipinski definition) is 2. The lowest BCUT2D eigenvalue weighted by Gasteiger charge is -2.42. The van der Waals surface area contributed by atoms with Crippen molar-refractivity contribution in [2.75, 3.05) is 46.1 Å². The van der Waals surface area contributed by atoms with E-state index < -0.39 is 11.7 Å². The summed E-state index contributed by atoms with van der Waals surface area (Å²) in [7, 11) is 0. The van der Waals surface area contributed by atoms with E-state index in [-0.39, 0.29) is 44.2 Å². The minimum atomic E-state index is -1.10. The summed E-state index contributed by atoms with van der Waals surface area (Å²) in [6.45, 7) is 3.07. The van der Waals surface area contributed by atoms with Gasteiger partial charge >= 0.3 is 6.09 Å². The fourth-order valence-electron chi connectivity index (χ4n) is 7.21. The summed E-state index contributed by atoms with van der Waals surface area (Å²) in [5, 5.41) is 21.9. The first-order chi connectivity index (χ1) is 21.9. The van der Waals surface area contributed by atoms with E-state index in [1.807, 2.05) is 65.2 Å². The molecule has 10 heteroatoms. The molecule has 3 aliphatic rings. The number of benzene rings is 2. The fraction of sp³-hybridized carbons (Fsp3) is 0.514. The van der Waals surface area contributed by atoms with Crippen LogP contribution in [0.4, 0.5) is 4.79 Å². The Labute approximate surface area is 264 Å². The van der Waals surface area contributed by atoms with Gasteiger partial charge in [0.25, 0.3) is 5.91 Å². The van der Waals surface area contributed by atoms with Crippen LogP contribution >= 0.6 is 0 Å². The molecular weight excluding hydrogens is 572 g/mol. The Hall–Kier alpha value is -3.73. The Morgan fingerprint density at radius 3 is 2.44 bits per heavy atom. The number of carboxylic acid groups (broad SMARTS) is 1. The smallest absolute Gasteiger partial charge is 0.407 e. The highest BCUT2D eigenvalue weighted by atomic mass is 16.5. The molecule has 0 spiro atoms. The third kappa shape index (κ3) is 7.08. The van der Waals surface area contributed by atoms with Crippen molar-refractivity contribution in [2.45, 2.75) is 62.6 Å². The van der Waals surface area contributed by atoms with Gasteiger partial charge in [-0.2, -0.15) is 0 Å². The van der Waals surface area contributed by atoms with Gasteiger partial charge in [0.1, 0.15) is 5.60 Å². The molecule has 2 unspecified atom stereocenters. The molecule has 2 saturated heterocycles. The van der Waals surface area contributed by atoms with Crippen molar-refractivity contribution in [2.24, 2.45) is 5.92 Å². The lowest BCUT2D eigenvalue weighted by Crippen LogP contribution is -2.57. The van der Waals surface area contributed by atoms with Crippen LogP contribution in [0.15, 0.2) is 67.0 Å². The van der Waals surface area contributed by atoms with E-state index in [0.717, 1.165) is 56.4 Å². The SMILES string of the molecule is O=C(O)N1CCN(C(=O)c2ncn(C3CCCCC3(O)COCC3CCOCC3)c2-c2ccccc2)[C@H](Cc2ccccc2)C1. The monoisotopic (exact) mass is 616 g/mol. The predicted octanol–water partition coefficient (Wildman–Crippen LogP) is 4.89. The van der Waals surface area contributed by atoms with E-state index in [2.05, 4.69) is 0 Å². The maximum Gasteiger partial charge on any atom is 0.407 e. The zero-order valence-electron chi connectivity index (χ0n) is 25.8. The molecule has 6 rings (SSSR count). The second-order valence-electron chi connectivity index (χ2n) is 12.7. The summed E-state index contributed by atoms with van der Waals surface area (Å²) < 4.78 is 13.7. The maximum absolute atomic E-state index is 14.5. The molecule has 1 saturated carbocycles. The van der Waals surface area contributed by atoms with Gasteiger partial charge in [-0.3, -0.25) is 4.79 Å². The van der Waals surface area contributed by atoms with Crippen molar-refractivity contribution >= 4 is 12.0 Å². The normalized spacial score (nSPS) is 24.5. The molecule has 10 nitrogen and oxygen atoms in total. The number of carbonyl (C=O) groups is 2. The number of hydrogen-bond acceptors (Lipinski definition) is 6.